The first kappa shape index (κ1) is 25.9. The number of carbonyl (C=O) groups excluding carboxylic acids is 2. The summed E-state index contributed by atoms with van der Waals surface area (Å²) < 4.78 is 16.3. The normalized spacial score (nSPS) is 19.4. The fourth-order valence-electron chi connectivity index (χ4n) is 5.08. The number of rotatable bonds is 7. The number of Topliss-reactive ketones (excluding diaryl/α,β-unsaturated/α-hetero) is 1. The highest BCUT2D eigenvalue weighted by atomic mass is 16.6. The van der Waals surface area contributed by atoms with Crippen molar-refractivity contribution in [3.63, 3.8) is 0 Å². The largest absolute Gasteiger partial charge is 0.493 e. The van der Waals surface area contributed by atoms with E-state index in [9.17, 15) is 19.7 Å². The third-order valence-electron chi connectivity index (χ3n) is 6.68. The van der Waals surface area contributed by atoms with Gasteiger partial charge in [-0.25, -0.2) is 4.79 Å². The monoisotopic (exact) mass is 506 g/mol. The maximum absolute atomic E-state index is 13.7. The van der Waals surface area contributed by atoms with E-state index in [0.29, 0.717) is 40.5 Å². The number of ether oxygens (including phenoxy) is 3. The second-order valence-corrected chi connectivity index (χ2v) is 9.44. The van der Waals surface area contributed by atoms with E-state index >= 15 is 0 Å². The van der Waals surface area contributed by atoms with Gasteiger partial charge in [0, 0.05) is 41.4 Å². The van der Waals surface area contributed by atoms with Gasteiger partial charge in [0.05, 0.1) is 30.8 Å². The highest BCUT2D eigenvalue weighted by molar-refractivity contribution is 6.04. The number of nitro benzene ring substituents is 1. The minimum absolute atomic E-state index is 0.112. The van der Waals surface area contributed by atoms with Gasteiger partial charge in [0.25, 0.3) is 5.69 Å². The number of non-ortho nitro benzene ring substituents is 1. The van der Waals surface area contributed by atoms with Gasteiger partial charge in [-0.15, -0.1) is 0 Å². The lowest BCUT2D eigenvalue weighted by Crippen LogP contribution is -2.36. The predicted molar refractivity (Wildman–Crippen MR) is 136 cm³/mol. The van der Waals surface area contributed by atoms with Gasteiger partial charge in [-0.3, -0.25) is 14.9 Å². The molecule has 4 rings (SSSR count). The minimum atomic E-state index is -0.777. The van der Waals surface area contributed by atoms with Gasteiger partial charge in [-0.1, -0.05) is 18.2 Å². The van der Waals surface area contributed by atoms with Crippen LogP contribution in [0.1, 0.15) is 56.6 Å². The molecule has 1 N–H and O–H groups in total. The standard InChI is InChI=1S/C28H30N2O7/c1-15(2)37-28(32)25-16(3)29-21-12-19(17-9-10-23(35-4)24(14-17)36-5)13-22(31)27(21)26(25)18-7-6-8-20(11-18)30(33)34/h6-11,14-15,19,26,29H,12-13H2,1-5H3/t19-,26+/m1/s1. The molecule has 0 aromatic heterocycles. The molecule has 0 amide bonds. The molecule has 0 unspecified atom stereocenters. The molecule has 37 heavy (non-hydrogen) atoms. The number of nitrogens with one attached hydrogen (secondary N) is 1. The van der Waals surface area contributed by atoms with Gasteiger partial charge in [-0.2, -0.15) is 0 Å². The number of nitro groups is 1. The van der Waals surface area contributed by atoms with E-state index < -0.39 is 16.8 Å². The Labute approximate surface area is 215 Å². The van der Waals surface area contributed by atoms with Crippen LogP contribution in [0.25, 0.3) is 0 Å². The van der Waals surface area contributed by atoms with E-state index in [2.05, 4.69) is 5.32 Å². The molecule has 2 atom stereocenters. The van der Waals surface area contributed by atoms with Crippen LogP contribution in [-0.2, 0) is 14.3 Å². The molecule has 9 nitrogen and oxygen atoms in total. The van der Waals surface area contributed by atoms with E-state index in [4.69, 9.17) is 14.2 Å². The summed E-state index contributed by atoms with van der Waals surface area (Å²) in [4.78, 5) is 37.9. The fourth-order valence-corrected chi connectivity index (χ4v) is 5.08. The fraction of sp³-hybridized carbons (Fsp3) is 0.357. The van der Waals surface area contributed by atoms with Gasteiger partial charge in [-0.05, 0) is 56.4 Å². The Morgan fingerprint density at radius 1 is 1.05 bits per heavy atom. The molecule has 0 saturated carbocycles. The van der Waals surface area contributed by atoms with Crippen LogP contribution in [0.3, 0.4) is 0 Å². The summed E-state index contributed by atoms with van der Waals surface area (Å²) in [6.45, 7) is 5.25. The Morgan fingerprint density at radius 3 is 2.43 bits per heavy atom. The van der Waals surface area contributed by atoms with Crippen LogP contribution < -0.4 is 14.8 Å². The molecule has 0 radical (unpaired) electrons. The maximum Gasteiger partial charge on any atom is 0.337 e. The first-order valence-electron chi connectivity index (χ1n) is 12.1. The first-order chi connectivity index (χ1) is 17.6. The number of dihydropyridines is 1. The Morgan fingerprint density at radius 2 is 1.78 bits per heavy atom. The van der Waals surface area contributed by atoms with Crippen LogP contribution in [0, 0.1) is 10.1 Å². The average Bonchev–Trinajstić information content (AvgIpc) is 2.86. The molecule has 2 aliphatic rings. The summed E-state index contributed by atoms with van der Waals surface area (Å²) in [5.74, 6) is -0.414. The number of hydrogen-bond donors (Lipinski definition) is 1. The molecule has 1 aliphatic carbocycles. The van der Waals surface area contributed by atoms with Crippen molar-refractivity contribution in [2.45, 2.75) is 51.6 Å². The van der Waals surface area contributed by atoms with Crippen molar-refractivity contribution >= 4 is 17.4 Å². The van der Waals surface area contributed by atoms with Crippen molar-refractivity contribution in [3.8, 4) is 11.5 Å². The smallest absolute Gasteiger partial charge is 0.337 e. The third kappa shape index (κ3) is 5.07. The molecule has 0 fully saturated rings. The SMILES string of the molecule is COc1ccc([C@H]2CC(=O)C3=C(C2)NC(C)=C(C(=O)OC(C)C)[C@@H]3c2cccc([N+](=O)[O-])c2)cc1OC. The summed E-state index contributed by atoms with van der Waals surface area (Å²) in [5, 5.41) is 14.8. The molecular formula is C28H30N2O7. The lowest BCUT2D eigenvalue weighted by atomic mass is 9.71. The molecule has 0 bridgehead atoms. The van der Waals surface area contributed by atoms with Crippen LogP contribution in [0.5, 0.6) is 11.5 Å². The van der Waals surface area contributed by atoms with Crippen LogP contribution >= 0.6 is 0 Å². The van der Waals surface area contributed by atoms with Crippen LogP contribution in [-0.4, -0.2) is 37.0 Å². The molecule has 1 heterocycles. The maximum atomic E-state index is 13.7. The number of allylic oxidation sites excluding steroid dienone is 3. The van der Waals surface area contributed by atoms with Crippen molar-refractivity contribution in [1.82, 2.24) is 5.32 Å². The van der Waals surface area contributed by atoms with E-state index in [1.54, 1.807) is 47.1 Å². The summed E-state index contributed by atoms with van der Waals surface area (Å²) in [5.41, 5.74) is 3.30. The summed E-state index contributed by atoms with van der Waals surface area (Å²) in [6.07, 6.45) is 0.365. The first-order valence-corrected chi connectivity index (χ1v) is 12.1. The van der Waals surface area contributed by atoms with Gasteiger partial charge < -0.3 is 19.5 Å². The van der Waals surface area contributed by atoms with Gasteiger partial charge >= 0.3 is 5.97 Å². The molecule has 2 aromatic carbocycles. The zero-order chi connectivity index (χ0) is 26.9. The van der Waals surface area contributed by atoms with Gasteiger partial charge in [0.15, 0.2) is 17.3 Å². The molecule has 194 valence electrons. The Balaban J connectivity index is 1.80. The summed E-state index contributed by atoms with van der Waals surface area (Å²) >= 11 is 0. The predicted octanol–water partition coefficient (Wildman–Crippen LogP) is 4.93. The Hall–Kier alpha value is -4.14. The quantitative estimate of drug-likeness (QED) is 0.319. The molecule has 0 spiro atoms. The lowest BCUT2D eigenvalue weighted by molar-refractivity contribution is -0.384. The number of benzene rings is 2. The van der Waals surface area contributed by atoms with Crippen LogP contribution in [0.4, 0.5) is 5.69 Å². The van der Waals surface area contributed by atoms with Crippen molar-refractivity contribution in [3.05, 3.63) is 86.2 Å². The van der Waals surface area contributed by atoms with Crippen LogP contribution in [0.15, 0.2) is 65.0 Å². The van der Waals surface area contributed by atoms with Gasteiger partial charge in [0.1, 0.15) is 0 Å². The second kappa shape index (κ2) is 10.5. The summed E-state index contributed by atoms with van der Waals surface area (Å²) in [6, 6.07) is 11.7. The van der Waals surface area contributed by atoms with Crippen molar-refractivity contribution in [1.29, 1.82) is 0 Å². The zero-order valence-electron chi connectivity index (χ0n) is 21.5. The van der Waals surface area contributed by atoms with Crippen LogP contribution in [0.2, 0.25) is 0 Å². The average molecular weight is 507 g/mol. The number of esters is 1. The molecule has 2 aromatic rings. The minimum Gasteiger partial charge on any atom is -0.493 e. The molecule has 0 saturated heterocycles. The molecule has 1 aliphatic heterocycles. The van der Waals surface area contributed by atoms with E-state index in [0.717, 1.165) is 5.56 Å². The number of methoxy groups -OCH3 is 2. The Bertz CT molecular complexity index is 1330. The summed E-state index contributed by atoms with van der Waals surface area (Å²) in [7, 11) is 3.13. The van der Waals surface area contributed by atoms with E-state index in [1.165, 1.54) is 12.1 Å². The van der Waals surface area contributed by atoms with Crippen molar-refractivity contribution < 1.29 is 28.7 Å². The number of carbonyl (C=O) groups is 2. The topological polar surface area (TPSA) is 117 Å². The number of hydrogen-bond acceptors (Lipinski definition) is 8. The van der Waals surface area contributed by atoms with E-state index in [-0.39, 0.29) is 35.5 Å². The molecule has 9 heteroatoms. The zero-order valence-corrected chi connectivity index (χ0v) is 21.5. The Kier molecular flexibility index (Phi) is 7.33. The van der Waals surface area contributed by atoms with E-state index in [1.807, 2.05) is 18.2 Å². The molecular weight excluding hydrogens is 476 g/mol. The van der Waals surface area contributed by atoms with Crippen molar-refractivity contribution in [2.24, 2.45) is 0 Å². The van der Waals surface area contributed by atoms with Crippen molar-refractivity contribution in [2.75, 3.05) is 14.2 Å². The lowest BCUT2D eigenvalue weighted by Gasteiger charge is -2.37. The highest BCUT2D eigenvalue weighted by Crippen LogP contribution is 2.47. The van der Waals surface area contributed by atoms with Gasteiger partial charge in [0.2, 0.25) is 0 Å². The highest BCUT2D eigenvalue weighted by Gasteiger charge is 2.42. The number of ketones is 1. The number of nitrogens with zero attached hydrogens (tertiary/aromatic N) is 1. The second-order valence-electron chi connectivity index (χ2n) is 9.44. The third-order valence-corrected chi connectivity index (χ3v) is 6.68.